The van der Waals surface area contributed by atoms with Crippen molar-refractivity contribution in [2.24, 2.45) is 0 Å². The highest BCUT2D eigenvalue weighted by Gasteiger charge is 2.21. The van der Waals surface area contributed by atoms with Gasteiger partial charge in [-0.1, -0.05) is 158 Å². The summed E-state index contributed by atoms with van der Waals surface area (Å²) in [6.45, 7) is 0. The van der Waals surface area contributed by atoms with Crippen LogP contribution in [0.4, 0.5) is 34.1 Å². The maximum absolute atomic E-state index is 2.45. The number of hydrogen-bond acceptors (Lipinski definition) is 2. The average molecular weight is 854 g/mol. The number of rotatable bonds is 9. The first kappa shape index (κ1) is 38.5. The second-order valence-electron chi connectivity index (χ2n) is 17.3. The van der Waals surface area contributed by atoms with E-state index in [0.29, 0.717) is 0 Å². The van der Waals surface area contributed by atoms with Crippen LogP contribution in [0.25, 0.3) is 82.1 Å². The molecule has 67 heavy (non-hydrogen) atoms. The Morgan fingerprint density at radius 3 is 1.36 bits per heavy atom. The third-order valence-electron chi connectivity index (χ3n) is 13.5. The minimum atomic E-state index is 1.11. The average Bonchev–Trinajstić information content (AvgIpc) is 3.73. The van der Waals surface area contributed by atoms with E-state index in [2.05, 4.69) is 275 Å². The largest absolute Gasteiger partial charge is 0.311 e. The van der Waals surface area contributed by atoms with E-state index < -0.39 is 0 Å². The lowest BCUT2D eigenvalue weighted by molar-refractivity contribution is 1.18. The minimum Gasteiger partial charge on any atom is -0.311 e. The lowest BCUT2D eigenvalue weighted by Crippen LogP contribution is -2.09. The van der Waals surface area contributed by atoms with Crippen LogP contribution in [0, 0.1) is 0 Å². The van der Waals surface area contributed by atoms with Crippen molar-refractivity contribution in [1.29, 1.82) is 0 Å². The van der Waals surface area contributed by atoms with Crippen LogP contribution in [0.15, 0.2) is 261 Å². The highest BCUT2D eigenvalue weighted by atomic mass is 15.1. The Kier molecular flexibility index (Phi) is 9.17. The summed E-state index contributed by atoms with van der Waals surface area (Å²) in [5.74, 6) is 0. The summed E-state index contributed by atoms with van der Waals surface area (Å²) < 4.78 is 2.45. The molecule has 0 spiro atoms. The van der Waals surface area contributed by atoms with Crippen LogP contribution in [-0.2, 0) is 0 Å². The molecular weight excluding hydrogens is 811 g/mol. The fourth-order valence-corrected chi connectivity index (χ4v) is 10.5. The van der Waals surface area contributed by atoms with Crippen molar-refractivity contribution < 1.29 is 0 Å². The van der Waals surface area contributed by atoms with Gasteiger partial charge < -0.3 is 14.4 Å². The molecule has 3 heteroatoms. The molecule has 1 aromatic heterocycles. The van der Waals surface area contributed by atoms with Crippen molar-refractivity contribution in [1.82, 2.24) is 4.57 Å². The van der Waals surface area contributed by atoms with Gasteiger partial charge in [0.05, 0.1) is 11.0 Å². The van der Waals surface area contributed by atoms with Crippen LogP contribution in [-0.4, -0.2) is 4.57 Å². The molecule has 13 aromatic rings. The summed E-state index contributed by atoms with van der Waals surface area (Å²) >= 11 is 0. The molecule has 0 aliphatic heterocycles. The molecule has 0 amide bonds. The van der Waals surface area contributed by atoms with E-state index in [4.69, 9.17) is 0 Å². The lowest BCUT2D eigenvalue weighted by atomic mass is 9.88. The third-order valence-corrected chi connectivity index (χ3v) is 13.5. The van der Waals surface area contributed by atoms with Crippen molar-refractivity contribution >= 4 is 88.2 Å². The fourth-order valence-electron chi connectivity index (χ4n) is 10.5. The Morgan fingerprint density at radius 1 is 0.254 bits per heavy atom. The Labute approximate surface area is 389 Å². The van der Waals surface area contributed by atoms with Crippen molar-refractivity contribution in [2.45, 2.75) is 0 Å². The molecule has 13 rings (SSSR count). The van der Waals surface area contributed by atoms with Gasteiger partial charge in [-0.3, -0.25) is 0 Å². The maximum Gasteiger partial charge on any atom is 0.0553 e. The number of para-hydroxylation sites is 5. The topological polar surface area (TPSA) is 11.4 Å². The second-order valence-corrected chi connectivity index (χ2v) is 17.3. The second kappa shape index (κ2) is 16.0. The van der Waals surface area contributed by atoms with Crippen molar-refractivity contribution in [2.75, 3.05) is 9.80 Å². The lowest BCUT2D eigenvalue weighted by Gasteiger charge is -2.26. The van der Waals surface area contributed by atoms with Crippen LogP contribution in [0.5, 0.6) is 0 Å². The minimum absolute atomic E-state index is 1.11. The van der Waals surface area contributed by atoms with Crippen molar-refractivity contribution in [3.8, 4) is 27.9 Å². The predicted octanol–water partition coefficient (Wildman–Crippen LogP) is 18.0. The number of benzene rings is 12. The highest BCUT2D eigenvalue weighted by molar-refractivity contribution is 6.34. The summed E-state index contributed by atoms with van der Waals surface area (Å²) in [6, 6.07) is 94.7. The molecule has 0 saturated carbocycles. The van der Waals surface area contributed by atoms with Crippen molar-refractivity contribution in [3.63, 3.8) is 0 Å². The zero-order valence-electron chi connectivity index (χ0n) is 36.7. The Bertz CT molecular complexity index is 3800. The van der Waals surface area contributed by atoms with Gasteiger partial charge in [0, 0.05) is 50.6 Å². The van der Waals surface area contributed by atoms with E-state index in [1.807, 2.05) is 0 Å². The van der Waals surface area contributed by atoms with E-state index in [1.54, 1.807) is 0 Å². The first-order valence-electron chi connectivity index (χ1n) is 23.0. The van der Waals surface area contributed by atoms with Gasteiger partial charge in [-0.25, -0.2) is 0 Å². The molecule has 314 valence electrons. The van der Waals surface area contributed by atoms with E-state index >= 15 is 0 Å². The van der Waals surface area contributed by atoms with Gasteiger partial charge in [0.25, 0.3) is 0 Å². The van der Waals surface area contributed by atoms with E-state index in [9.17, 15) is 0 Å². The summed E-state index contributed by atoms with van der Waals surface area (Å²) in [5.41, 5.74) is 15.0. The standard InChI is InChI=1S/C64H43N3/c1-6-18-49(19-7-1)65(50-20-8-2-9-21-50)54-35-29-44(30-36-54)56-37-31-45-32-39-58-63-48(33-38-57(56)62(45)63)43-61-64(58)59-42-47(34-40-60(59)67(61)53-26-14-5-15-27-53)46-17-16-28-55(41-46)66(51-22-10-3-11-23-51)52-24-12-4-13-25-52/h1-43H. The van der Waals surface area contributed by atoms with Crippen LogP contribution in [0.2, 0.25) is 0 Å². The molecular formula is C64H43N3. The normalized spacial score (nSPS) is 11.6. The zero-order valence-corrected chi connectivity index (χ0v) is 36.7. The molecule has 12 aromatic carbocycles. The van der Waals surface area contributed by atoms with Gasteiger partial charge >= 0.3 is 0 Å². The SMILES string of the molecule is c1ccc(N(c2ccccc2)c2ccc(-c3ccc4ccc5c6c(ccc3c46)cc3c5c4cc(-c5cccc(N(c6ccccc6)c6ccccc6)c5)ccc4n3-c3ccccc3)cc2)cc1. The van der Waals surface area contributed by atoms with Gasteiger partial charge in [-0.2, -0.15) is 0 Å². The van der Waals surface area contributed by atoms with E-state index in [-0.39, 0.29) is 0 Å². The highest BCUT2D eigenvalue weighted by Crippen LogP contribution is 2.47. The van der Waals surface area contributed by atoms with Crippen LogP contribution < -0.4 is 9.80 Å². The molecule has 0 fully saturated rings. The van der Waals surface area contributed by atoms with Gasteiger partial charge in [-0.15, -0.1) is 0 Å². The number of aromatic nitrogens is 1. The van der Waals surface area contributed by atoms with E-state index in [0.717, 1.165) is 39.8 Å². The number of nitrogens with zero attached hydrogens (tertiary/aromatic N) is 3. The Hall–Kier alpha value is -8.92. The number of hydrogen-bond donors (Lipinski definition) is 0. The van der Waals surface area contributed by atoms with Crippen molar-refractivity contribution in [3.05, 3.63) is 261 Å². The molecule has 0 N–H and O–H groups in total. The Balaban J connectivity index is 0.984. The summed E-state index contributed by atoms with van der Waals surface area (Å²) in [6.07, 6.45) is 0. The van der Waals surface area contributed by atoms with Gasteiger partial charge in [0.2, 0.25) is 0 Å². The smallest absolute Gasteiger partial charge is 0.0553 e. The summed E-state index contributed by atoms with van der Waals surface area (Å²) in [4.78, 5) is 4.65. The van der Waals surface area contributed by atoms with Crippen LogP contribution in [0.3, 0.4) is 0 Å². The molecule has 0 aliphatic carbocycles. The number of anilines is 6. The quantitative estimate of drug-likeness (QED) is 0.134. The molecule has 0 bridgehead atoms. The molecule has 0 unspecified atom stereocenters. The molecule has 0 atom stereocenters. The summed E-state index contributed by atoms with van der Waals surface area (Å²) in [7, 11) is 0. The van der Waals surface area contributed by atoms with Crippen LogP contribution in [0.1, 0.15) is 0 Å². The predicted molar refractivity (Wildman–Crippen MR) is 285 cm³/mol. The zero-order chi connectivity index (χ0) is 44.3. The van der Waals surface area contributed by atoms with E-state index in [1.165, 1.54) is 76.4 Å². The molecule has 1 heterocycles. The first-order valence-corrected chi connectivity index (χ1v) is 23.0. The van der Waals surface area contributed by atoms with Gasteiger partial charge in [-0.05, 0) is 158 Å². The van der Waals surface area contributed by atoms with Crippen LogP contribution >= 0.6 is 0 Å². The maximum atomic E-state index is 2.45. The Morgan fingerprint density at radius 2 is 0.731 bits per heavy atom. The first-order chi connectivity index (χ1) is 33.2. The van der Waals surface area contributed by atoms with Gasteiger partial charge in [0.15, 0.2) is 0 Å². The summed E-state index contributed by atoms with van der Waals surface area (Å²) in [5, 5.41) is 10.1. The molecule has 0 saturated heterocycles. The number of fused-ring (bicyclic) bond motifs is 4. The molecule has 0 radical (unpaired) electrons. The molecule has 3 nitrogen and oxygen atoms in total. The third kappa shape index (κ3) is 6.51. The monoisotopic (exact) mass is 853 g/mol. The van der Waals surface area contributed by atoms with Gasteiger partial charge in [0.1, 0.15) is 0 Å². The fraction of sp³-hybridized carbons (Fsp3) is 0. The molecule has 0 aliphatic rings.